The summed E-state index contributed by atoms with van der Waals surface area (Å²) in [7, 11) is 0. The third-order valence-electron chi connectivity index (χ3n) is 4.17. The second-order valence-electron chi connectivity index (χ2n) is 7.63. The second-order valence-corrected chi connectivity index (χ2v) is 7.63. The van der Waals surface area contributed by atoms with Crippen LogP contribution in [0.3, 0.4) is 0 Å². The Labute approximate surface area is 165 Å². The summed E-state index contributed by atoms with van der Waals surface area (Å²) in [6.45, 7) is 10.0. The van der Waals surface area contributed by atoms with Gasteiger partial charge in [-0.15, -0.1) is 0 Å². The topological polar surface area (TPSA) is 76.2 Å². The van der Waals surface area contributed by atoms with Gasteiger partial charge in [-0.3, -0.25) is 9.59 Å². The molecule has 0 aromatic heterocycles. The lowest BCUT2D eigenvalue weighted by Gasteiger charge is -2.34. The molecule has 0 radical (unpaired) electrons. The average Bonchev–Trinajstić information content (AvgIpc) is 2.66. The highest BCUT2D eigenvalue weighted by Gasteiger charge is 2.24. The highest BCUT2D eigenvalue weighted by atomic mass is 16.7. The van der Waals surface area contributed by atoms with E-state index in [0.717, 1.165) is 0 Å². The summed E-state index contributed by atoms with van der Waals surface area (Å²) in [6, 6.07) is 6.34. The number of hydrogen-bond acceptors (Lipinski definition) is 5. The van der Waals surface area contributed by atoms with Crippen LogP contribution in [0.25, 0.3) is 0 Å². The van der Waals surface area contributed by atoms with Gasteiger partial charge in [-0.05, 0) is 42.7 Å². The zero-order valence-corrected chi connectivity index (χ0v) is 16.9. The fraction of sp³-hybridized carbons (Fsp3) is 0.476. The summed E-state index contributed by atoms with van der Waals surface area (Å²) in [5, 5.41) is 0. The van der Waals surface area contributed by atoms with Crippen molar-refractivity contribution in [3.8, 4) is 5.75 Å². The van der Waals surface area contributed by atoms with E-state index in [1.807, 2.05) is 26.8 Å². The molecule has 0 atom stereocenters. The summed E-state index contributed by atoms with van der Waals surface area (Å²) in [6.07, 6.45) is 2.73. The number of allylic oxidation sites excluding steroid dienone is 1. The van der Waals surface area contributed by atoms with Crippen LogP contribution in [0.1, 0.15) is 38.1 Å². The van der Waals surface area contributed by atoms with Gasteiger partial charge in [-0.2, -0.15) is 0 Å². The molecule has 2 rings (SSSR count). The molecule has 0 bridgehead atoms. The highest BCUT2D eigenvalue weighted by molar-refractivity contribution is 5.94. The molecule has 1 aliphatic rings. The van der Waals surface area contributed by atoms with Crippen molar-refractivity contribution >= 4 is 18.0 Å². The number of carbonyl (C=O) groups excluding carboxylic acids is 3. The van der Waals surface area contributed by atoms with E-state index in [1.54, 1.807) is 47.1 Å². The van der Waals surface area contributed by atoms with Crippen molar-refractivity contribution in [3.63, 3.8) is 0 Å². The lowest BCUT2D eigenvalue weighted by Crippen LogP contribution is -2.50. The predicted molar refractivity (Wildman–Crippen MR) is 105 cm³/mol. The normalized spacial score (nSPS) is 14.9. The smallest absolute Gasteiger partial charge is 0.434 e. The van der Waals surface area contributed by atoms with Crippen molar-refractivity contribution in [2.45, 2.75) is 27.7 Å². The number of ether oxygens (including phenoxy) is 2. The molecule has 1 aliphatic heterocycles. The molecule has 152 valence electrons. The van der Waals surface area contributed by atoms with Crippen molar-refractivity contribution in [1.29, 1.82) is 0 Å². The molecule has 1 aromatic rings. The Morgan fingerprint density at radius 1 is 1.00 bits per heavy atom. The van der Waals surface area contributed by atoms with E-state index in [4.69, 9.17) is 9.47 Å². The summed E-state index contributed by atoms with van der Waals surface area (Å²) in [4.78, 5) is 39.7. The van der Waals surface area contributed by atoms with Crippen LogP contribution in [0.2, 0.25) is 0 Å². The first kappa shape index (κ1) is 21.5. The fourth-order valence-corrected chi connectivity index (χ4v) is 2.65. The largest absolute Gasteiger partial charge is 0.513 e. The number of carbonyl (C=O) groups is 3. The highest BCUT2D eigenvalue weighted by Crippen LogP contribution is 2.17. The Balaban J connectivity index is 1.88. The molecule has 1 aromatic carbocycles. The number of rotatable bonds is 4. The van der Waals surface area contributed by atoms with E-state index >= 15 is 0 Å². The third-order valence-corrected chi connectivity index (χ3v) is 4.17. The lowest BCUT2D eigenvalue weighted by atomic mass is 9.96. The number of nitrogens with zero attached hydrogens (tertiary/aromatic N) is 2. The Morgan fingerprint density at radius 3 is 2.11 bits per heavy atom. The first-order valence-electron chi connectivity index (χ1n) is 9.41. The van der Waals surface area contributed by atoms with Crippen LogP contribution in [-0.4, -0.2) is 60.6 Å². The average molecular weight is 388 g/mol. The molecule has 0 aliphatic carbocycles. The van der Waals surface area contributed by atoms with Crippen molar-refractivity contribution in [3.05, 3.63) is 42.0 Å². The maximum absolute atomic E-state index is 12.6. The Hall–Kier alpha value is -2.83. The number of benzene rings is 1. The zero-order chi connectivity index (χ0) is 20.7. The van der Waals surface area contributed by atoms with E-state index in [-0.39, 0.29) is 23.8 Å². The van der Waals surface area contributed by atoms with Gasteiger partial charge in [0.2, 0.25) is 5.91 Å². The van der Waals surface area contributed by atoms with Gasteiger partial charge in [-0.25, -0.2) is 4.79 Å². The van der Waals surface area contributed by atoms with Crippen LogP contribution in [0.15, 0.2) is 36.4 Å². The summed E-state index contributed by atoms with van der Waals surface area (Å²) in [5.41, 5.74) is 0.458. The monoisotopic (exact) mass is 388 g/mol. The molecule has 0 saturated carbocycles. The minimum atomic E-state index is -0.775. The maximum Gasteiger partial charge on any atom is 0.513 e. The van der Waals surface area contributed by atoms with Crippen LogP contribution >= 0.6 is 0 Å². The number of piperazine rings is 1. The molecule has 28 heavy (non-hydrogen) atoms. The van der Waals surface area contributed by atoms with Gasteiger partial charge in [0, 0.05) is 31.7 Å². The van der Waals surface area contributed by atoms with Gasteiger partial charge in [-0.1, -0.05) is 26.8 Å². The summed E-state index contributed by atoms with van der Waals surface area (Å²) >= 11 is 0. The third kappa shape index (κ3) is 6.40. The molecule has 0 spiro atoms. The van der Waals surface area contributed by atoms with Crippen LogP contribution in [0.5, 0.6) is 5.75 Å². The molecule has 1 saturated heterocycles. The first-order valence-corrected chi connectivity index (χ1v) is 9.41. The van der Waals surface area contributed by atoms with Crippen molar-refractivity contribution in [1.82, 2.24) is 9.80 Å². The van der Waals surface area contributed by atoms with Gasteiger partial charge >= 0.3 is 6.16 Å². The molecule has 1 heterocycles. The van der Waals surface area contributed by atoms with Crippen LogP contribution in [-0.2, 0) is 9.53 Å². The SMILES string of the molecule is CCOC(=O)Oc1ccc(C(=O)N2CCN(C(=O)/C=C/C(C)(C)C)CC2)cc1. The number of hydrogen-bond donors (Lipinski definition) is 0. The van der Waals surface area contributed by atoms with Gasteiger partial charge in [0.05, 0.1) is 6.61 Å². The molecule has 0 N–H and O–H groups in total. The van der Waals surface area contributed by atoms with Crippen molar-refractivity contribution in [2.24, 2.45) is 5.41 Å². The Morgan fingerprint density at radius 2 is 1.57 bits per heavy atom. The standard InChI is InChI=1S/C21H28N2O5/c1-5-27-20(26)28-17-8-6-16(7-9-17)19(25)23-14-12-22(13-15-23)18(24)10-11-21(2,3)4/h6-11H,5,12-15H2,1-4H3/b11-10+. The molecular formula is C21H28N2O5. The van der Waals surface area contributed by atoms with Gasteiger partial charge in [0.15, 0.2) is 0 Å². The Bertz CT molecular complexity index is 726. The quantitative estimate of drug-likeness (QED) is 0.450. The molecular weight excluding hydrogens is 360 g/mol. The lowest BCUT2D eigenvalue weighted by molar-refractivity contribution is -0.127. The summed E-state index contributed by atoms with van der Waals surface area (Å²) < 4.78 is 9.70. The second kappa shape index (κ2) is 9.39. The van der Waals surface area contributed by atoms with Gasteiger partial charge in [0.25, 0.3) is 5.91 Å². The van der Waals surface area contributed by atoms with E-state index in [1.165, 1.54) is 0 Å². The van der Waals surface area contributed by atoms with Crippen molar-refractivity contribution in [2.75, 3.05) is 32.8 Å². The van der Waals surface area contributed by atoms with Crippen molar-refractivity contribution < 1.29 is 23.9 Å². The van der Waals surface area contributed by atoms with E-state index < -0.39 is 6.16 Å². The molecule has 2 amide bonds. The molecule has 0 unspecified atom stereocenters. The summed E-state index contributed by atoms with van der Waals surface area (Å²) in [5.74, 6) is 0.179. The minimum absolute atomic E-state index is 0.0255. The molecule has 1 fully saturated rings. The molecule has 7 nitrogen and oxygen atoms in total. The zero-order valence-electron chi connectivity index (χ0n) is 16.9. The maximum atomic E-state index is 12.6. The van der Waals surface area contributed by atoms with E-state index in [9.17, 15) is 14.4 Å². The first-order chi connectivity index (χ1) is 13.2. The van der Waals surface area contributed by atoms with Crippen LogP contribution < -0.4 is 4.74 Å². The van der Waals surface area contributed by atoms with Crippen LogP contribution in [0.4, 0.5) is 4.79 Å². The predicted octanol–water partition coefficient (Wildman–Crippen LogP) is 3.11. The van der Waals surface area contributed by atoms with E-state index in [0.29, 0.717) is 37.5 Å². The van der Waals surface area contributed by atoms with Crippen LogP contribution in [0, 0.1) is 5.41 Å². The Kier molecular flexibility index (Phi) is 7.20. The fourth-order valence-electron chi connectivity index (χ4n) is 2.65. The molecule has 7 heteroatoms. The van der Waals surface area contributed by atoms with Gasteiger partial charge < -0.3 is 19.3 Å². The minimum Gasteiger partial charge on any atom is -0.434 e. The number of amides is 2. The van der Waals surface area contributed by atoms with Gasteiger partial charge in [0.1, 0.15) is 5.75 Å². The van der Waals surface area contributed by atoms with E-state index in [2.05, 4.69) is 0 Å².